The molecule has 3 heterocycles. The number of hydrogen-bond donors (Lipinski definition) is 1. The van der Waals surface area contributed by atoms with Crippen molar-refractivity contribution in [3.05, 3.63) is 29.5 Å². The molecule has 0 bridgehead atoms. The second-order valence-corrected chi connectivity index (χ2v) is 5.44. The van der Waals surface area contributed by atoms with Crippen molar-refractivity contribution in [1.82, 2.24) is 9.88 Å². The van der Waals surface area contributed by atoms with Crippen molar-refractivity contribution in [2.75, 3.05) is 13.1 Å². The van der Waals surface area contributed by atoms with Gasteiger partial charge in [0.25, 0.3) is 0 Å². The van der Waals surface area contributed by atoms with Gasteiger partial charge in [-0.3, -0.25) is 4.79 Å². The third-order valence-corrected chi connectivity index (χ3v) is 4.04. The van der Waals surface area contributed by atoms with Crippen LogP contribution < -0.4 is 0 Å². The quantitative estimate of drug-likeness (QED) is 0.924. The van der Waals surface area contributed by atoms with Crippen LogP contribution in [0.3, 0.4) is 0 Å². The molecule has 0 aliphatic carbocycles. The molecule has 2 aromatic heterocycles. The van der Waals surface area contributed by atoms with Crippen molar-refractivity contribution in [2.45, 2.75) is 18.9 Å². The molecule has 1 N–H and O–H groups in total. The van der Waals surface area contributed by atoms with Crippen molar-refractivity contribution in [3.63, 3.8) is 0 Å². The van der Waals surface area contributed by atoms with Gasteiger partial charge in [0.1, 0.15) is 0 Å². The first-order valence-electron chi connectivity index (χ1n) is 6.16. The summed E-state index contributed by atoms with van der Waals surface area (Å²) in [5.74, 6) is 0.744. The summed E-state index contributed by atoms with van der Waals surface area (Å²) in [6, 6.07) is 3.66. The van der Waals surface area contributed by atoms with Gasteiger partial charge in [0.15, 0.2) is 10.8 Å². The molecule has 100 valence electrons. The van der Waals surface area contributed by atoms with Crippen molar-refractivity contribution < 1.29 is 14.3 Å². The maximum atomic E-state index is 12.0. The molecule has 1 aliphatic heterocycles. The minimum absolute atomic E-state index is 0.0212. The Balaban J connectivity index is 1.66. The number of rotatable bonds is 3. The molecular weight excluding hydrogens is 264 g/mol. The lowest BCUT2D eigenvalue weighted by Crippen LogP contribution is -2.30. The lowest BCUT2D eigenvalue weighted by molar-refractivity contribution is -0.129. The molecule has 0 spiro atoms. The molecule has 1 saturated heterocycles. The fourth-order valence-electron chi connectivity index (χ4n) is 2.14. The number of hydrogen-bond acceptors (Lipinski definition) is 5. The number of carbonyl (C=O) groups is 1. The SMILES string of the molecule is O=C(Cc1csc(-c2ccco2)n1)N1CC[C@@H](O)C1. The number of amides is 1. The molecule has 6 heteroatoms. The summed E-state index contributed by atoms with van der Waals surface area (Å²) in [5, 5.41) is 12.1. The zero-order chi connectivity index (χ0) is 13.2. The fraction of sp³-hybridized carbons (Fsp3) is 0.385. The lowest BCUT2D eigenvalue weighted by atomic mass is 10.3. The highest BCUT2D eigenvalue weighted by Gasteiger charge is 2.25. The summed E-state index contributed by atoms with van der Waals surface area (Å²) < 4.78 is 5.27. The Hall–Kier alpha value is -1.66. The van der Waals surface area contributed by atoms with Crippen molar-refractivity contribution >= 4 is 17.2 Å². The number of aliphatic hydroxyl groups excluding tert-OH is 1. The largest absolute Gasteiger partial charge is 0.462 e. The van der Waals surface area contributed by atoms with Crippen molar-refractivity contribution in [2.24, 2.45) is 0 Å². The molecular formula is C13H14N2O3S. The number of thiazole rings is 1. The van der Waals surface area contributed by atoms with Crippen LogP contribution in [0.25, 0.3) is 10.8 Å². The molecule has 0 radical (unpaired) electrons. The Morgan fingerprint density at radius 3 is 3.21 bits per heavy atom. The van der Waals surface area contributed by atoms with Gasteiger partial charge in [0.05, 0.1) is 24.5 Å². The van der Waals surface area contributed by atoms with Gasteiger partial charge >= 0.3 is 0 Å². The van der Waals surface area contributed by atoms with E-state index in [4.69, 9.17) is 4.42 Å². The minimum atomic E-state index is -0.377. The Morgan fingerprint density at radius 2 is 2.53 bits per heavy atom. The van der Waals surface area contributed by atoms with Crippen LogP contribution in [0, 0.1) is 0 Å². The summed E-state index contributed by atoms with van der Waals surface area (Å²) in [6.07, 6.45) is 2.18. The van der Waals surface area contributed by atoms with Gasteiger partial charge in [-0.1, -0.05) is 0 Å². The molecule has 1 amide bonds. The number of aromatic nitrogens is 1. The van der Waals surface area contributed by atoms with Crippen LogP contribution in [0.1, 0.15) is 12.1 Å². The van der Waals surface area contributed by atoms with E-state index in [9.17, 15) is 9.90 Å². The molecule has 1 fully saturated rings. The predicted molar refractivity (Wildman–Crippen MR) is 70.7 cm³/mol. The molecule has 19 heavy (non-hydrogen) atoms. The Labute approximate surface area is 114 Å². The average molecular weight is 278 g/mol. The Bertz CT molecular complexity index is 564. The predicted octanol–water partition coefficient (Wildman–Crippen LogP) is 1.54. The monoisotopic (exact) mass is 278 g/mol. The molecule has 5 nitrogen and oxygen atoms in total. The van der Waals surface area contributed by atoms with Gasteiger partial charge in [-0.25, -0.2) is 4.98 Å². The van der Waals surface area contributed by atoms with Crippen LogP contribution in [0.15, 0.2) is 28.2 Å². The second kappa shape index (κ2) is 5.14. The summed E-state index contributed by atoms with van der Waals surface area (Å²) in [4.78, 5) is 18.1. The molecule has 0 saturated carbocycles. The molecule has 0 aromatic carbocycles. The van der Waals surface area contributed by atoms with E-state index in [0.29, 0.717) is 19.5 Å². The van der Waals surface area contributed by atoms with Gasteiger partial charge in [0.2, 0.25) is 5.91 Å². The van der Waals surface area contributed by atoms with E-state index >= 15 is 0 Å². The highest BCUT2D eigenvalue weighted by molar-refractivity contribution is 7.13. The molecule has 3 rings (SSSR count). The standard InChI is InChI=1S/C13H14N2O3S/c16-10-3-4-15(7-10)12(17)6-9-8-19-13(14-9)11-2-1-5-18-11/h1-2,5,8,10,16H,3-4,6-7H2/t10-/m1/s1. The van der Waals surface area contributed by atoms with Crippen LogP contribution in [0.5, 0.6) is 0 Å². The zero-order valence-corrected chi connectivity index (χ0v) is 11.1. The normalized spacial score (nSPS) is 19.0. The molecule has 0 unspecified atom stereocenters. The Morgan fingerprint density at radius 1 is 1.63 bits per heavy atom. The van der Waals surface area contributed by atoms with Crippen LogP contribution in [-0.2, 0) is 11.2 Å². The van der Waals surface area contributed by atoms with Crippen LogP contribution in [0.4, 0.5) is 0 Å². The lowest BCUT2D eigenvalue weighted by Gasteiger charge is -2.14. The maximum absolute atomic E-state index is 12.0. The first-order valence-corrected chi connectivity index (χ1v) is 7.04. The smallest absolute Gasteiger partial charge is 0.228 e. The van der Waals surface area contributed by atoms with E-state index in [-0.39, 0.29) is 18.4 Å². The molecule has 1 aliphatic rings. The number of nitrogens with zero attached hydrogens (tertiary/aromatic N) is 2. The maximum Gasteiger partial charge on any atom is 0.228 e. The number of likely N-dealkylation sites (tertiary alicyclic amines) is 1. The average Bonchev–Trinajstić information content (AvgIpc) is 3.07. The van der Waals surface area contributed by atoms with E-state index in [1.54, 1.807) is 11.2 Å². The van der Waals surface area contributed by atoms with Crippen molar-refractivity contribution in [3.8, 4) is 10.8 Å². The van der Waals surface area contributed by atoms with Crippen LogP contribution in [-0.4, -0.2) is 40.1 Å². The van der Waals surface area contributed by atoms with Crippen LogP contribution >= 0.6 is 11.3 Å². The third kappa shape index (κ3) is 2.69. The van der Waals surface area contributed by atoms with E-state index in [1.165, 1.54) is 11.3 Å². The van der Waals surface area contributed by atoms with Gasteiger partial charge in [-0.05, 0) is 18.6 Å². The Kier molecular flexibility index (Phi) is 3.35. The number of aliphatic hydroxyl groups is 1. The van der Waals surface area contributed by atoms with E-state index in [0.717, 1.165) is 16.5 Å². The fourth-order valence-corrected chi connectivity index (χ4v) is 2.92. The zero-order valence-electron chi connectivity index (χ0n) is 10.3. The highest BCUT2D eigenvalue weighted by atomic mass is 32.1. The van der Waals surface area contributed by atoms with Gasteiger partial charge in [-0.15, -0.1) is 11.3 Å². The van der Waals surface area contributed by atoms with Crippen LogP contribution in [0.2, 0.25) is 0 Å². The van der Waals surface area contributed by atoms with Crippen molar-refractivity contribution in [1.29, 1.82) is 0 Å². The van der Waals surface area contributed by atoms with E-state index in [1.807, 2.05) is 17.5 Å². The minimum Gasteiger partial charge on any atom is -0.462 e. The topological polar surface area (TPSA) is 66.6 Å². The number of β-amino-alcohol motifs (C(OH)–C–C–N with tert-alkyl or cyclic N) is 1. The summed E-state index contributed by atoms with van der Waals surface area (Å²) in [6.45, 7) is 1.07. The molecule has 2 aromatic rings. The van der Waals surface area contributed by atoms with Gasteiger partial charge < -0.3 is 14.4 Å². The molecule has 1 atom stereocenters. The summed E-state index contributed by atoms with van der Waals surface area (Å²) in [5.41, 5.74) is 0.753. The number of furan rings is 1. The first kappa shape index (κ1) is 12.4. The van der Waals surface area contributed by atoms with Gasteiger partial charge in [0, 0.05) is 18.5 Å². The van der Waals surface area contributed by atoms with E-state index < -0.39 is 0 Å². The van der Waals surface area contributed by atoms with Gasteiger partial charge in [-0.2, -0.15) is 0 Å². The summed E-state index contributed by atoms with van der Waals surface area (Å²) in [7, 11) is 0. The highest BCUT2D eigenvalue weighted by Crippen LogP contribution is 2.24. The summed E-state index contributed by atoms with van der Waals surface area (Å²) >= 11 is 1.47. The van der Waals surface area contributed by atoms with E-state index in [2.05, 4.69) is 4.98 Å². The third-order valence-electron chi connectivity index (χ3n) is 3.13. The second-order valence-electron chi connectivity index (χ2n) is 4.58. The first-order chi connectivity index (χ1) is 9.22. The number of carbonyl (C=O) groups excluding carboxylic acids is 1.